The number of nitrogens with zero attached hydrogens (tertiary/aromatic N) is 2. The molecule has 144 valence electrons. The van der Waals surface area contributed by atoms with Crippen molar-refractivity contribution in [2.75, 3.05) is 5.32 Å². The summed E-state index contributed by atoms with van der Waals surface area (Å²) in [6.07, 6.45) is 0.381. The highest BCUT2D eigenvalue weighted by atomic mass is 32.1. The second-order valence-corrected chi connectivity index (χ2v) is 6.70. The molecule has 3 N–H and O–H groups in total. The number of fused-ring (bicyclic) bond motifs is 1. The smallest absolute Gasteiger partial charge is 0.337 e. The molecule has 0 spiro atoms. The molecule has 0 fully saturated rings. The minimum atomic E-state index is -1.23. The topological polar surface area (TPSA) is 139 Å². The maximum atomic E-state index is 12.8. The van der Waals surface area contributed by atoms with E-state index in [1.54, 1.807) is 6.92 Å². The molecular formula is C18H15N3O6S. The van der Waals surface area contributed by atoms with Crippen molar-refractivity contribution in [2.24, 2.45) is 0 Å². The summed E-state index contributed by atoms with van der Waals surface area (Å²) in [6, 6.07) is 5.57. The molecule has 9 nitrogen and oxygen atoms in total. The van der Waals surface area contributed by atoms with Crippen LogP contribution in [0.3, 0.4) is 0 Å². The van der Waals surface area contributed by atoms with Crippen LogP contribution in [0.4, 0.5) is 5.69 Å². The van der Waals surface area contributed by atoms with Crippen LogP contribution in [-0.4, -0.2) is 37.6 Å². The fourth-order valence-electron chi connectivity index (χ4n) is 2.70. The van der Waals surface area contributed by atoms with E-state index in [0.29, 0.717) is 22.8 Å². The van der Waals surface area contributed by atoms with Crippen LogP contribution in [0, 0.1) is 0 Å². The lowest BCUT2D eigenvalue weighted by Gasteiger charge is -2.12. The third kappa shape index (κ3) is 3.62. The summed E-state index contributed by atoms with van der Waals surface area (Å²) in [5, 5.41) is 22.1. The van der Waals surface area contributed by atoms with Gasteiger partial charge in [-0.3, -0.25) is 14.2 Å². The highest BCUT2D eigenvalue weighted by Crippen LogP contribution is 2.22. The molecule has 0 unspecified atom stereocenters. The summed E-state index contributed by atoms with van der Waals surface area (Å²) < 4.78 is 1.16. The summed E-state index contributed by atoms with van der Waals surface area (Å²) in [5.41, 5.74) is -0.275. The molecular weight excluding hydrogens is 386 g/mol. The van der Waals surface area contributed by atoms with E-state index in [1.165, 1.54) is 29.6 Å². The van der Waals surface area contributed by atoms with E-state index < -0.39 is 23.4 Å². The van der Waals surface area contributed by atoms with Crippen molar-refractivity contribution in [2.45, 2.75) is 19.9 Å². The lowest BCUT2D eigenvalue weighted by atomic mass is 10.2. The van der Waals surface area contributed by atoms with Gasteiger partial charge in [-0.1, -0.05) is 6.92 Å². The van der Waals surface area contributed by atoms with Gasteiger partial charge in [-0.2, -0.15) is 0 Å². The average molecular weight is 401 g/mol. The first kappa shape index (κ1) is 19.2. The Bertz CT molecular complexity index is 1150. The molecule has 28 heavy (non-hydrogen) atoms. The Hall–Kier alpha value is -3.53. The molecule has 3 rings (SSSR count). The third-order valence-electron chi connectivity index (χ3n) is 4.04. The van der Waals surface area contributed by atoms with Gasteiger partial charge in [-0.15, -0.1) is 11.3 Å². The van der Waals surface area contributed by atoms with Crippen molar-refractivity contribution in [3.63, 3.8) is 0 Å². The molecule has 0 bridgehead atoms. The Kier molecular flexibility index (Phi) is 5.23. The van der Waals surface area contributed by atoms with Crippen molar-refractivity contribution in [3.05, 3.63) is 57.0 Å². The predicted molar refractivity (Wildman–Crippen MR) is 102 cm³/mol. The van der Waals surface area contributed by atoms with E-state index in [4.69, 9.17) is 5.11 Å². The molecule has 10 heteroatoms. The van der Waals surface area contributed by atoms with Gasteiger partial charge in [-0.25, -0.2) is 14.6 Å². The van der Waals surface area contributed by atoms with Crippen LogP contribution in [0.25, 0.3) is 10.2 Å². The van der Waals surface area contributed by atoms with Gasteiger partial charge in [0.2, 0.25) is 5.91 Å². The van der Waals surface area contributed by atoms with Crippen LogP contribution in [0.1, 0.15) is 33.5 Å². The fraction of sp³-hybridized carbons (Fsp3) is 0.167. The van der Waals surface area contributed by atoms with E-state index in [0.717, 1.165) is 15.9 Å². The molecule has 0 atom stereocenters. The zero-order valence-corrected chi connectivity index (χ0v) is 15.4. The maximum Gasteiger partial charge on any atom is 0.337 e. The van der Waals surface area contributed by atoms with Crippen LogP contribution in [0.2, 0.25) is 0 Å². The molecule has 0 aliphatic heterocycles. The number of rotatable bonds is 6. The van der Waals surface area contributed by atoms with E-state index in [2.05, 4.69) is 10.3 Å². The predicted octanol–water partition coefficient (Wildman–Crippen LogP) is 2.06. The number of thiophene rings is 1. The van der Waals surface area contributed by atoms with E-state index in [1.807, 2.05) is 0 Å². The summed E-state index contributed by atoms with van der Waals surface area (Å²) in [4.78, 5) is 52.1. The number of amides is 1. The van der Waals surface area contributed by atoms with Crippen molar-refractivity contribution in [1.82, 2.24) is 9.55 Å². The lowest BCUT2D eigenvalue weighted by Crippen LogP contribution is -2.31. The Morgan fingerprint density at radius 3 is 2.39 bits per heavy atom. The first-order valence-electron chi connectivity index (χ1n) is 8.19. The van der Waals surface area contributed by atoms with Crippen molar-refractivity contribution >= 4 is 45.1 Å². The maximum absolute atomic E-state index is 12.8. The van der Waals surface area contributed by atoms with Gasteiger partial charge < -0.3 is 15.5 Å². The van der Waals surface area contributed by atoms with Crippen molar-refractivity contribution < 1.29 is 24.6 Å². The molecule has 2 aromatic heterocycles. The van der Waals surface area contributed by atoms with Gasteiger partial charge in [0.25, 0.3) is 5.56 Å². The Morgan fingerprint density at radius 2 is 1.82 bits per heavy atom. The Morgan fingerprint density at radius 1 is 1.14 bits per heavy atom. The SMILES string of the molecule is CCc1nc2scc(C(=O)O)c2c(=O)n1CC(=O)Nc1ccc(C(=O)O)cc1. The number of carboxylic acids is 2. The van der Waals surface area contributed by atoms with Crippen LogP contribution < -0.4 is 10.9 Å². The number of nitrogens with one attached hydrogen (secondary N) is 1. The normalized spacial score (nSPS) is 10.8. The van der Waals surface area contributed by atoms with Gasteiger partial charge >= 0.3 is 11.9 Å². The molecule has 1 amide bonds. The van der Waals surface area contributed by atoms with Crippen LogP contribution in [0.15, 0.2) is 34.4 Å². The van der Waals surface area contributed by atoms with Gasteiger partial charge in [0, 0.05) is 17.5 Å². The zero-order chi connectivity index (χ0) is 20.4. The average Bonchev–Trinajstić information content (AvgIpc) is 3.08. The van der Waals surface area contributed by atoms with Gasteiger partial charge in [0.1, 0.15) is 17.2 Å². The number of hydrogen-bond acceptors (Lipinski definition) is 6. The minimum Gasteiger partial charge on any atom is -0.478 e. The number of aromatic nitrogens is 2. The van der Waals surface area contributed by atoms with Gasteiger partial charge in [0.05, 0.1) is 16.5 Å². The Labute approximate surface area is 161 Å². The lowest BCUT2D eigenvalue weighted by molar-refractivity contribution is -0.116. The highest BCUT2D eigenvalue weighted by Gasteiger charge is 2.20. The highest BCUT2D eigenvalue weighted by molar-refractivity contribution is 7.17. The molecule has 0 saturated carbocycles. The van der Waals surface area contributed by atoms with E-state index in [-0.39, 0.29) is 23.1 Å². The molecule has 0 saturated heterocycles. The molecule has 0 radical (unpaired) electrons. The van der Waals surface area contributed by atoms with E-state index in [9.17, 15) is 24.3 Å². The van der Waals surface area contributed by atoms with Crippen molar-refractivity contribution in [3.8, 4) is 0 Å². The molecule has 0 aliphatic carbocycles. The van der Waals surface area contributed by atoms with E-state index >= 15 is 0 Å². The van der Waals surface area contributed by atoms with Gasteiger partial charge in [0.15, 0.2) is 0 Å². The largest absolute Gasteiger partial charge is 0.478 e. The fourth-order valence-corrected chi connectivity index (χ4v) is 3.62. The number of carbonyl (C=O) groups excluding carboxylic acids is 1. The Balaban J connectivity index is 1.92. The second-order valence-electron chi connectivity index (χ2n) is 5.84. The first-order chi connectivity index (χ1) is 13.3. The van der Waals surface area contributed by atoms with Crippen molar-refractivity contribution in [1.29, 1.82) is 0 Å². The minimum absolute atomic E-state index is 0.0201. The number of hydrogen-bond donors (Lipinski definition) is 3. The monoisotopic (exact) mass is 401 g/mol. The number of carboxylic acid groups (broad SMARTS) is 2. The van der Waals surface area contributed by atoms with Crippen LogP contribution in [0.5, 0.6) is 0 Å². The standard InChI is InChI=1S/C18H15N3O6S/c1-2-12-20-15-14(11(8-28-15)18(26)27)16(23)21(12)7-13(22)19-10-5-3-9(4-6-10)17(24)25/h3-6,8H,2,7H2,1H3,(H,19,22)(H,24,25)(H,26,27). The number of aromatic carboxylic acids is 2. The number of anilines is 1. The quantitative estimate of drug-likeness (QED) is 0.574. The molecule has 0 aliphatic rings. The summed E-state index contributed by atoms with van der Waals surface area (Å²) in [6.45, 7) is 1.43. The number of carbonyl (C=O) groups is 3. The molecule has 3 aromatic rings. The third-order valence-corrected chi connectivity index (χ3v) is 4.91. The number of aryl methyl sites for hydroxylation is 1. The second kappa shape index (κ2) is 7.61. The van der Waals surface area contributed by atoms with Crippen LogP contribution >= 0.6 is 11.3 Å². The van der Waals surface area contributed by atoms with Gasteiger partial charge in [-0.05, 0) is 24.3 Å². The zero-order valence-electron chi connectivity index (χ0n) is 14.6. The summed E-state index contributed by atoms with van der Waals surface area (Å²) >= 11 is 1.07. The first-order valence-corrected chi connectivity index (χ1v) is 9.07. The summed E-state index contributed by atoms with van der Waals surface area (Å²) in [7, 11) is 0. The molecule has 2 heterocycles. The number of benzene rings is 1. The van der Waals surface area contributed by atoms with Crippen LogP contribution in [-0.2, 0) is 17.8 Å². The molecule has 1 aromatic carbocycles. The summed E-state index contributed by atoms with van der Waals surface area (Å²) in [5.74, 6) is -2.47.